The van der Waals surface area contributed by atoms with Crippen LogP contribution in [0, 0.1) is 5.82 Å². The van der Waals surface area contributed by atoms with Crippen molar-refractivity contribution in [2.24, 2.45) is 0 Å². The van der Waals surface area contributed by atoms with Crippen molar-refractivity contribution in [3.05, 3.63) is 99.6 Å². The van der Waals surface area contributed by atoms with Gasteiger partial charge in [-0.2, -0.15) is 0 Å². The first-order chi connectivity index (χ1) is 14.1. The molecule has 4 rings (SSSR count). The zero-order valence-corrected chi connectivity index (χ0v) is 16.4. The van der Waals surface area contributed by atoms with Crippen molar-refractivity contribution in [2.45, 2.75) is 19.6 Å². The number of fused-ring (bicyclic) bond motifs is 1. The minimum atomic E-state index is -0.379. The fourth-order valence-corrected chi connectivity index (χ4v) is 3.53. The van der Waals surface area contributed by atoms with Crippen LogP contribution in [0.3, 0.4) is 0 Å². The number of imidazole rings is 1. The monoisotopic (exact) mass is 410 g/mol. The number of pyridine rings is 1. The molecule has 0 spiro atoms. The van der Waals surface area contributed by atoms with Crippen molar-refractivity contribution in [3.63, 3.8) is 0 Å². The molecule has 0 saturated heterocycles. The van der Waals surface area contributed by atoms with Gasteiger partial charge < -0.3 is 14.5 Å². The first kappa shape index (κ1) is 19.4. The van der Waals surface area contributed by atoms with E-state index in [4.69, 9.17) is 11.6 Å². The van der Waals surface area contributed by atoms with Crippen LogP contribution in [-0.4, -0.2) is 20.7 Å². The van der Waals surface area contributed by atoms with Gasteiger partial charge in [-0.1, -0.05) is 29.8 Å². The van der Waals surface area contributed by atoms with Gasteiger partial charge in [-0.05, 0) is 41.3 Å². The van der Waals surface area contributed by atoms with E-state index in [2.05, 4.69) is 10.3 Å². The lowest BCUT2D eigenvalue weighted by Crippen LogP contribution is -2.29. The normalized spacial score (nSPS) is 11.2. The first-order valence-corrected chi connectivity index (χ1v) is 9.71. The topological polar surface area (TPSA) is 51.9 Å². The van der Waals surface area contributed by atoms with Crippen LogP contribution < -0.4 is 10.9 Å². The van der Waals surface area contributed by atoms with Gasteiger partial charge in [0.05, 0.1) is 18.4 Å². The maximum Gasteiger partial charge on any atom is 0.255 e. The third kappa shape index (κ3) is 4.39. The number of nitrogens with one attached hydrogen (secondary N) is 1. The predicted octanol–water partition coefficient (Wildman–Crippen LogP) is 3.83. The summed E-state index contributed by atoms with van der Waals surface area (Å²) >= 11 is 6.29. The summed E-state index contributed by atoms with van der Waals surface area (Å²) in [7, 11) is 0. The molecule has 0 amide bonds. The Labute approximate surface area is 172 Å². The van der Waals surface area contributed by atoms with E-state index in [0.717, 1.165) is 17.5 Å². The molecule has 0 aliphatic heterocycles. The molecule has 0 atom stereocenters. The highest BCUT2D eigenvalue weighted by molar-refractivity contribution is 6.31. The summed E-state index contributed by atoms with van der Waals surface area (Å²) in [4.78, 5) is 17.2. The summed E-state index contributed by atoms with van der Waals surface area (Å²) in [6.45, 7) is 2.15. The quantitative estimate of drug-likeness (QED) is 0.471. The number of rotatable bonds is 7. The summed E-state index contributed by atoms with van der Waals surface area (Å²) < 4.78 is 17.4. The highest BCUT2D eigenvalue weighted by Gasteiger charge is 2.12. The molecule has 0 saturated carbocycles. The van der Waals surface area contributed by atoms with Crippen LogP contribution >= 0.6 is 11.6 Å². The summed E-state index contributed by atoms with van der Waals surface area (Å²) in [6.07, 6.45) is 5.38. The van der Waals surface area contributed by atoms with Crippen molar-refractivity contribution in [1.82, 2.24) is 19.4 Å². The molecule has 2 heterocycles. The van der Waals surface area contributed by atoms with E-state index < -0.39 is 0 Å². The van der Waals surface area contributed by atoms with Gasteiger partial charge >= 0.3 is 0 Å². The Morgan fingerprint density at radius 3 is 2.76 bits per heavy atom. The van der Waals surface area contributed by atoms with E-state index in [1.165, 1.54) is 12.1 Å². The molecule has 4 aromatic rings. The molecule has 2 aromatic heterocycles. The first-order valence-electron chi connectivity index (χ1n) is 9.33. The molecule has 2 aromatic carbocycles. The molecule has 5 nitrogen and oxygen atoms in total. The second-order valence-electron chi connectivity index (χ2n) is 6.83. The van der Waals surface area contributed by atoms with Crippen molar-refractivity contribution < 1.29 is 4.39 Å². The summed E-state index contributed by atoms with van der Waals surface area (Å²) in [5, 5.41) is 4.68. The van der Waals surface area contributed by atoms with Gasteiger partial charge in [-0.25, -0.2) is 9.37 Å². The van der Waals surface area contributed by atoms with E-state index in [1.54, 1.807) is 29.2 Å². The molecule has 0 radical (unpaired) electrons. The average Bonchev–Trinajstić information content (AvgIpc) is 3.23. The maximum absolute atomic E-state index is 13.9. The molecule has 1 N–H and O–H groups in total. The lowest BCUT2D eigenvalue weighted by Gasteiger charge is -2.15. The number of benzene rings is 2. The van der Waals surface area contributed by atoms with Crippen LogP contribution in [0.4, 0.5) is 4.39 Å². The van der Waals surface area contributed by atoms with Crippen LogP contribution in [0.1, 0.15) is 11.1 Å². The predicted molar refractivity (Wildman–Crippen MR) is 113 cm³/mol. The Bertz CT molecular complexity index is 1190. The highest BCUT2D eigenvalue weighted by Crippen LogP contribution is 2.20. The largest absolute Gasteiger partial charge is 0.336 e. The smallest absolute Gasteiger partial charge is 0.255 e. The van der Waals surface area contributed by atoms with E-state index in [-0.39, 0.29) is 17.9 Å². The lowest BCUT2D eigenvalue weighted by atomic mass is 10.1. The van der Waals surface area contributed by atoms with Crippen LogP contribution in [0.5, 0.6) is 0 Å². The zero-order chi connectivity index (χ0) is 20.2. The summed E-state index contributed by atoms with van der Waals surface area (Å²) in [6, 6.07) is 13.7. The number of hydrogen-bond donors (Lipinski definition) is 1. The van der Waals surface area contributed by atoms with Crippen LogP contribution in [-0.2, 0) is 19.6 Å². The molecule has 7 heteroatoms. The second-order valence-corrected chi connectivity index (χ2v) is 7.24. The highest BCUT2D eigenvalue weighted by atomic mass is 35.5. The van der Waals surface area contributed by atoms with E-state index in [9.17, 15) is 9.18 Å². The molecular weight excluding hydrogens is 391 g/mol. The minimum Gasteiger partial charge on any atom is -0.336 e. The lowest BCUT2D eigenvalue weighted by molar-refractivity contribution is 0.592. The molecule has 29 heavy (non-hydrogen) atoms. The Kier molecular flexibility index (Phi) is 5.74. The molecule has 0 bridgehead atoms. The molecule has 0 fully saturated rings. The van der Waals surface area contributed by atoms with Crippen molar-refractivity contribution in [2.75, 3.05) is 6.54 Å². The fraction of sp³-hybridized carbons (Fsp3) is 0.182. The van der Waals surface area contributed by atoms with Gasteiger partial charge in [-0.3, -0.25) is 4.79 Å². The maximum atomic E-state index is 13.9. The molecule has 0 aliphatic carbocycles. The SMILES string of the molecule is O=c1c(CNCCn2ccnc2)cc2ccc(F)cc2n1Cc1ccccc1Cl. The number of halogens is 2. The van der Waals surface area contributed by atoms with E-state index in [1.807, 2.05) is 35.0 Å². The fourth-order valence-electron chi connectivity index (χ4n) is 3.34. The third-order valence-electron chi connectivity index (χ3n) is 4.84. The van der Waals surface area contributed by atoms with Crippen LogP contribution in [0.2, 0.25) is 5.02 Å². The molecule has 0 unspecified atom stereocenters. The zero-order valence-electron chi connectivity index (χ0n) is 15.7. The van der Waals surface area contributed by atoms with E-state index in [0.29, 0.717) is 29.2 Å². The Morgan fingerprint density at radius 1 is 1.10 bits per heavy atom. The van der Waals surface area contributed by atoms with Gasteiger partial charge in [0.2, 0.25) is 0 Å². The standard InChI is InChI=1S/C22H20ClFN4O/c23-20-4-2-1-3-17(20)14-28-21-12-19(24)6-5-16(21)11-18(22(28)29)13-25-7-9-27-10-8-26-15-27/h1-6,8,10-12,15,25H,7,9,13-14H2. The molecule has 0 aliphatic rings. The summed E-state index contributed by atoms with van der Waals surface area (Å²) in [5.41, 5.74) is 1.84. The van der Waals surface area contributed by atoms with Crippen LogP contribution in [0.15, 0.2) is 72.0 Å². The van der Waals surface area contributed by atoms with Gasteiger partial charge in [0, 0.05) is 42.6 Å². The van der Waals surface area contributed by atoms with Crippen molar-refractivity contribution in [1.29, 1.82) is 0 Å². The van der Waals surface area contributed by atoms with Gasteiger partial charge in [0.25, 0.3) is 5.56 Å². The molecular formula is C22H20ClFN4O. The third-order valence-corrected chi connectivity index (χ3v) is 5.21. The Balaban J connectivity index is 1.64. The molecule has 148 valence electrons. The average molecular weight is 411 g/mol. The van der Waals surface area contributed by atoms with Gasteiger partial charge in [0.1, 0.15) is 5.82 Å². The van der Waals surface area contributed by atoms with Crippen molar-refractivity contribution >= 4 is 22.5 Å². The van der Waals surface area contributed by atoms with Crippen LogP contribution in [0.25, 0.3) is 10.9 Å². The van der Waals surface area contributed by atoms with Crippen molar-refractivity contribution in [3.8, 4) is 0 Å². The Morgan fingerprint density at radius 2 is 1.97 bits per heavy atom. The van der Waals surface area contributed by atoms with Gasteiger partial charge in [0.15, 0.2) is 0 Å². The van der Waals surface area contributed by atoms with E-state index >= 15 is 0 Å². The van der Waals surface area contributed by atoms with Gasteiger partial charge in [-0.15, -0.1) is 0 Å². The Hall–Kier alpha value is -2.96. The second kappa shape index (κ2) is 8.59. The minimum absolute atomic E-state index is 0.154. The summed E-state index contributed by atoms with van der Waals surface area (Å²) in [5.74, 6) is -0.379. The number of aromatic nitrogens is 3. The number of hydrogen-bond acceptors (Lipinski definition) is 3. The number of nitrogens with zero attached hydrogens (tertiary/aromatic N) is 3.